The normalized spacial score (nSPS) is 17.5. The summed E-state index contributed by atoms with van der Waals surface area (Å²) in [6.07, 6.45) is 0.555. The molecule has 1 heterocycles. The largest absolute Gasteiger partial charge is 0.466 e. The average molecular weight is 250 g/mol. The van der Waals surface area contributed by atoms with Gasteiger partial charge in [-0.2, -0.15) is 0 Å². The number of nitrogens with zero attached hydrogens (tertiary/aromatic N) is 1. The van der Waals surface area contributed by atoms with Crippen LogP contribution in [0.25, 0.3) is 0 Å². The van der Waals surface area contributed by atoms with Crippen LogP contribution in [0.1, 0.15) is 12.5 Å². The summed E-state index contributed by atoms with van der Waals surface area (Å²) < 4.78 is 4.97. The van der Waals surface area contributed by atoms with Crippen molar-refractivity contribution in [3.63, 3.8) is 0 Å². The SMILES string of the molecule is CCOC(=O)[C@@H]1CNc2cc([N+](=O)[O-])ccc2C1. The first kappa shape index (κ1) is 12.3. The molecule has 0 fully saturated rings. The minimum Gasteiger partial charge on any atom is -0.466 e. The summed E-state index contributed by atoms with van der Waals surface area (Å²) in [6, 6.07) is 4.64. The third-order valence-corrected chi connectivity index (χ3v) is 2.93. The van der Waals surface area contributed by atoms with E-state index in [9.17, 15) is 14.9 Å². The summed E-state index contributed by atoms with van der Waals surface area (Å²) in [5, 5.41) is 13.7. The number of ether oxygens (including phenoxy) is 1. The zero-order chi connectivity index (χ0) is 13.1. The number of carbonyl (C=O) groups excluding carboxylic acids is 1. The highest BCUT2D eigenvalue weighted by molar-refractivity contribution is 5.75. The summed E-state index contributed by atoms with van der Waals surface area (Å²) in [6.45, 7) is 2.58. The van der Waals surface area contributed by atoms with E-state index in [0.717, 1.165) is 11.3 Å². The summed E-state index contributed by atoms with van der Waals surface area (Å²) in [5.74, 6) is -0.451. The lowest BCUT2D eigenvalue weighted by Gasteiger charge is -2.24. The highest BCUT2D eigenvalue weighted by atomic mass is 16.6. The lowest BCUT2D eigenvalue weighted by molar-refractivity contribution is -0.384. The zero-order valence-corrected chi connectivity index (χ0v) is 10.0. The molecule has 1 aromatic rings. The van der Waals surface area contributed by atoms with Crippen LogP contribution in [-0.4, -0.2) is 24.0 Å². The summed E-state index contributed by atoms with van der Waals surface area (Å²) >= 11 is 0. The van der Waals surface area contributed by atoms with Crippen molar-refractivity contribution >= 4 is 17.3 Å². The van der Waals surface area contributed by atoms with E-state index in [1.165, 1.54) is 12.1 Å². The number of nitro benzene ring substituents is 1. The second kappa shape index (κ2) is 5.03. The maximum atomic E-state index is 11.6. The molecule has 1 N–H and O–H groups in total. The van der Waals surface area contributed by atoms with E-state index in [2.05, 4.69) is 5.32 Å². The maximum absolute atomic E-state index is 11.6. The molecule has 6 nitrogen and oxygen atoms in total. The Morgan fingerprint density at radius 1 is 1.61 bits per heavy atom. The van der Waals surface area contributed by atoms with Gasteiger partial charge in [0.25, 0.3) is 5.69 Å². The van der Waals surface area contributed by atoms with Crippen molar-refractivity contribution in [1.82, 2.24) is 0 Å². The highest BCUT2D eigenvalue weighted by Crippen LogP contribution is 2.29. The minimum absolute atomic E-state index is 0.0517. The van der Waals surface area contributed by atoms with Crippen molar-refractivity contribution in [2.45, 2.75) is 13.3 Å². The van der Waals surface area contributed by atoms with E-state index >= 15 is 0 Å². The molecule has 6 heteroatoms. The molecule has 2 rings (SSSR count). The van der Waals surface area contributed by atoms with Gasteiger partial charge in [-0.15, -0.1) is 0 Å². The van der Waals surface area contributed by atoms with E-state index < -0.39 is 4.92 Å². The number of hydrogen-bond acceptors (Lipinski definition) is 5. The number of non-ortho nitro benzene ring substituents is 1. The van der Waals surface area contributed by atoms with Gasteiger partial charge in [-0.3, -0.25) is 14.9 Å². The minimum atomic E-state index is -0.431. The maximum Gasteiger partial charge on any atom is 0.311 e. The molecule has 0 amide bonds. The van der Waals surface area contributed by atoms with Crippen LogP contribution in [0.3, 0.4) is 0 Å². The second-order valence-corrected chi connectivity index (χ2v) is 4.13. The molecule has 0 aromatic heterocycles. The molecule has 0 saturated heterocycles. The standard InChI is InChI=1S/C12H14N2O4/c1-2-18-12(15)9-5-8-3-4-10(14(16)17)6-11(8)13-7-9/h3-4,6,9,13H,2,5,7H2,1H3/t9-/m0/s1. The molecule has 0 saturated carbocycles. The fourth-order valence-corrected chi connectivity index (χ4v) is 2.02. The van der Waals surface area contributed by atoms with Gasteiger partial charge in [0, 0.05) is 24.4 Å². The Hall–Kier alpha value is -2.11. The number of benzene rings is 1. The Morgan fingerprint density at radius 3 is 3.06 bits per heavy atom. The van der Waals surface area contributed by atoms with Crippen LogP contribution in [0.4, 0.5) is 11.4 Å². The van der Waals surface area contributed by atoms with Crippen LogP contribution >= 0.6 is 0 Å². The molecular weight excluding hydrogens is 236 g/mol. The van der Waals surface area contributed by atoms with Crippen LogP contribution < -0.4 is 5.32 Å². The van der Waals surface area contributed by atoms with E-state index in [0.29, 0.717) is 19.6 Å². The van der Waals surface area contributed by atoms with Gasteiger partial charge in [-0.05, 0) is 18.9 Å². The van der Waals surface area contributed by atoms with Crippen molar-refractivity contribution in [3.05, 3.63) is 33.9 Å². The third kappa shape index (κ3) is 2.42. The number of carbonyl (C=O) groups is 1. The number of nitro groups is 1. The first-order chi connectivity index (χ1) is 8.61. The Balaban J connectivity index is 2.16. The Bertz CT molecular complexity index is 487. The van der Waals surface area contributed by atoms with Crippen molar-refractivity contribution in [1.29, 1.82) is 0 Å². The van der Waals surface area contributed by atoms with Gasteiger partial charge < -0.3 is 10.1 Å². The van der Waals surface area contributed by atoms with Crippen LogP contribution in [0.15, 0.2) is 18.2 Å². The smallest absolute Gasteiger partial charge is 0.311 e. The topological polar surface area (TPSA) is 81.5 Å². The quantitative estimate of drug-likeness (QED) is 0.502. The first-order valence-corrected chi connectivity index (χ1v) is 5.79. The van der Waals surface area contributed by atoms with E-state index in [-0.39, 0.29) is 17.6 Å². The molecule has 1 aromatic carbocycles. The van der Waals surface area contributed by atoms with E-state index in [4.69, 9.17) is 4.74 Å². The molecular formula is C12H14N2O4. The van der Waals surface area contributed by atoms with Crippen LogP contribution in [0.5, 0.6) is 0 Å². The van der Waals surface area contributed by atoms with Crippen molar-refractivity contribution in [3.8, 4) is 0 Å². The van der Waals surface area contributed by atoms with Crippen molar-refractivity contribution in [2.75, 3.05) is 18.5 Å². The van der Waals surface area contributed by atoms with Crippen LogP contribution in [0, 0.1) is 16.0 Å². The number of nitrogens with one attached hydrogen (secondary N) is 1. The molecule has 18 heavy (non-hydrogen) atoms. The number of hydrogen-bond donors (Lipinski definition) is 1. The van der Waals surface area contributed by atoms with Gasteiger partial charge in [-0.25, -0.2) is 0 Å². The Kier molecular flexibility index (Phi) is 3.45. The Labute approximate surface area is 104 Å². The number of rotatable bonds is 3. The molecule has 1 aliphatic heterocycles. The fraction of sp³-hybridized carbons (Fsp3) is 0.417. The second-order valence-electron chi connectivity index (χ2n) is 4.13. The predicted octanol–water partition coefficient (Wildman–Crippen LogP) is 1.74. The summed E-state index contributed by atoms with van der Waals surface area (Å²) in [7, 11) is 0. The Morgan fingerprint density at radius 2 is 2.39 bits per heavy atom. The van der Waals surface area contributed by atoms with Gasteiger partial charge in [0.1, 0.15) is 0 Å². The predicted molar refractivity (Wildman–Crippen MR) is 65.4 cm³/mol. The van der Waals surface area contributed by atoms with Crippen LogP contribution in [-0.2, 0) is 16.0 Å². The molecule has 0 aliphatic carbocycles. The monoisotopic (exact) mass is 250 g/mol. The molecule has 96 valence electrons. The van der Waals surface area contributed by atoms with Crippen LogP contribution in [0.2, 0.25) is 0 Å². The summed E-state index contributed by atoms with van der Waals surface area (Å²) in [4.78, 5) is 21.8. The number of esters is 1. The third-order valence-electron chi connectivity index (χ3n) is 2.93. The summed E-state index contributed by atoms with van der Waals surface area (Å²) in [5.41, 5.74) is 1.69. The van der Waals surface area contributed by atoms with E-state index in [1.807, 2.05) is 0 Å². The lowest BCUT2D eigenvalue weighted by Crippen LogP contribution is -2.31. The molecule has 0 spiro atoms. The van der Waals surface area contributed by atoms with Crippen molar-refractivity contribution in [2.24, 2.45) is 5.92 Å². The average Bonchev–Trinajstić information content (AvgIpc) is 2.37. The molecule has 1 atom stereocenters. The first-order valence-electron chi connectivity index (χ1n) is 5.79. The van der Waals surface area contributed by atoms with Gasteiger partial charge in [0.15, 0.2) is 0 Å². The molecule has 0 bridgehead atoms. The van der Waals surface area contributed by atoms with Gasteiger partial charge in [0.05, 0.1) is 17.4 Å². The molecule has 1 aliphatic rings. The highest BCUT2D eigenvalue weighted by Gasteiger charge is 2.26. The van der Waals surface area contributed by atoms with Gasteiger partial charge >= 0.3 is 5.97 Å². The zero-order valence-electron chi connectivity index (χ0n) is 10.0. The molecule has 0 radical (unpaired) electrons. The number of anilines is 1. The fourth-order valence-electron chi connectivity index (χ4n) is 2.02. The number of fused-ring (bicyclic) bond motifs is 1. The van der Waals surface area contributed by atoms with E-state index in [1.54, 1.807) is 13.0 Å². The lowest BCUT2D eigenvalue weighted by atomic mass is 9.94. The van der Waals surface area contributed by atoms with Gasteiger partial charge in [0.2, 0.25) is 0 Å². The molecule has 0 unspecified atom stereocenters. The van der Waals surface area contributed by atoms with Gasteiger partial charge in [-0.1, -0.05) is 6.07 Å². The van der Waals surface area contributed by atoms with Crippen molar-refractivity contribution < 1.29 is 14.5 Å².